The second kappa shape index (κ2) is 5.45. The Hall–Kier alpha value is -2.21. The van der Waals surface area contributed by atoms with E-state index in [1.165, 1.54) is 12.1 Å². The van der Waals surface area contributed by atoms with Gasteiger partial charge >= 0.3 is 0 Å². The summed E-state index contributed by atoms with van der Waals surface area (Å²) >= 11 is 5.91. The molecule has 1 fully saturated rings. The number of piperazine rings is 1. The molecule has 0 saturated carbocycles. The minimum Gasteiger partial charge on any atom is -0.351 e. The number of nitrogens with zero attached hydrogens (tertiary/aromatic N) is 5. The molecule has 118 valence electrons. The zero-order chi connectivity index (χ0) is 16.0. The summed E-state index contributed by atoms with van der Waals surface area (Å²) in [4.78, 5) is 11.3. The van der Waals surface area contributed by atoms with Gasteiger partial charge in [0.25, 0.3) is 0 Å². The first-order valence-corrected chi connectivity index (χ1v) is 7.74. The summed E-state index contributed by atoms with van der Waals surface area (Å²) in [5, 5.41) is 9.26. The molecule has 3 aliphatic rings. The smallest absolute Gasteiger partial charge is 0.198 e. The van der Waals surface area contributed by atoms with Gasteiger partial charge in [-0.3, -0.25) is 0 Å². The van der Waals surface area contributed by atoms with Gasteiger partial charge in [0.15, 0.2) is 11.7 Å². The fourth-order valence-electron chi connectivity index (χ4n) is 2.75. The van der Waals surface area contributed by atoms with Crippen LogP contribution in [0.1, 0.15) is 6.92 Å². The molecule has 1 aromatic carbocycles. The predicted molar refractivity (Wildman–Crippen MR) is 89.5 cm³/mol. The maximum Gasteiger partial charge on any atom is 0.198 e. The number of amidine groups is 2. The van der Waals surface area contributed by atoms with Crippen LogP contribution in [0, 0.1) is 5.82 Å². The van der Waals surface area contributed by atoms with Gasteiger partial charge in [-0.15, -0.1) is 5.10 Å². The molecule has 1 N–H and O–H groups in total. The molecular weight excluding hydrogens is 319 g/mol. The first kappa shape index (κ1) is 14.4. The van der Waals surface area contributed by atoms with E-state index >= 15 is 0 Å². The van der Waals surface area contributed by atoms with E-state index in [2.05, 4.69) is 31.2 Å². The van der Waals surface area contributed by atoms with Crippen molar-refractivity contribution in [2.75, 3.05) is 31.2 Å². The minimum absolute atomic E-state index is 0.0328. The van der Waals surface area contributed by atoms with Crippen molar-refractivity contribution in [3.05, 3.63) is 28.7 Å². The van der Waals surface area contributed by atoms with E-state index in [0.29, 0.717) is 28.7 Å². The Morgan fingerprint density at radius 3 is 2.78 bits per heavy atom. The second-order valence-corrected chi connectivity index (χ2v) is 5.88. The Morgan fingerprint density at radius 2 is 2.00 bits per heavy atom. The van der Waals surface area contributed by atoms with Crippen molar-refractivity contribution in [3.8, 4) is 0 Å². The third-order valence-electron chi connectivity index (χ3n) is 3.87. The molecule has 4 rings (SSSR count). The van der Waals surface area contributed by atoms with Crippen molar-refractivity contribution in [2.24, 2.45) is 15.1 Å². The van der Waals surface area contributed by atoms with Gasteiger partial charge in [0.1, 0.15) is 11.5 Å². The molecule has 0 amide bonds. The fourth-order valence-corrected chi connectivity index (χ4v) is 2.91. The van der Waals surface area contributed by atoms with Crippen LogP contribution in [0.4, 0.5) is 15.8 Å². The summed E-state index contributed by atoms with van der Waals surface area (Å²) in [5.74, 6) is 3.66. The van der Waals surface area contributed by atoms with Crippen LogP contribution in [0.5, 0.6) is 0 Å². The molecule has 1 aromatic rings. The lowest BCUT2D eigenvalue weighted by Gasteiger charge is -2.36. The predicted octanol–water partition coefficient (Wildman–Crippen LogP) is 2.13. The highest BCUT2D eigenvalue weighted by molar-refractivity contribution is 6.47. The van der Waals surface area contributed by atoms with Crippen LogP contribution < -0.4 is 10.3 Å². The lowest BCUT2D eigenvalue weighted by atomic mass is 10.2. The maximum absolute atomic E-state index is 13.8. The number of nitrogens with one attached hydrogen (secondary N) is 1. The van der Waals surface area contributed by atoms with Crippen LogP contribution in [-0.2, 0) is 0 Å². The van der Waals surface area contributed by atoms with E-state index in [-0.39, 0.29) is 5.02 Å². The zero-order valence-corrected chi connectivity index (χ0v) is 13.2. The number of hydrogen-bond acceptors (Lipinski definition) is 6. The van der Waals surface area contributed by atoms with Gasteiger partial charge in [-0.25, -0.2) is 19.4 Å². The van der Waals surface area contributed by atoms with E-state index < -0.39 is 5.82 Å². The van der Waals surface area contributed by atoms with E-state index in [4.69, 9.17) is 11.6 Å². The Morgan fingerprint density at radius 1 is 1.22 bits per heavy atom. The van der Waals surface area contributed by atoms with Gasteiger partial charge in [0.2, 0.25) is 0 Å². The number of benzene rings is 1. The molecule has 3 aliphatic heterocycles. The zero-order valence-electron chi connectivity index (χ0n) is 12.5. The van der Waals surface area contributed by atoms with E-state index in [9.17, 15) is 4.39 Å². The number of anilines is 1. The van der Waals surface area contributed by atoms with Gasteiger partial charge < -0.3 is 10.2 Å². The van der Waals surface area contributed by atoms with Crippen molar-refractivity contribution in [1.29, 1.82) is 0 Å². The SMILES string of the molecule is CC1=C=NN2C(=N1)C(N1CCNCC1)=Nc1cc(F)c(Cl)cc12. The summed E-state index contributed by atoms with van der Waals surface area (Å²) in [5.41, 5.74) is 1.77. The van der Waals surface area contributed by atoms with Crippen molar-refractivity contribution in [2.45, 2.75) is 6.92 Å². The van der Waals surface area contributed by atoms with Crippen LogP contribution in [-0.4, -0.2) is 48.6 Å². The maximum atomic E-state index is 13.8. The third kappa shape index (κ3) is 2.43. The summed E-state index contributed by atoms with van der Waals surface area (Å²) in [6, 6.07) is 2.85. The Kier molecular flexibility index (Phi) is 3.41. The highest BCUT2D eigenvalue weighted by Crippen LogP contribution is 2.38. The van der Waals surface area contributed by atoms with Gasteiger partial charge in [0.05, 0.1) is 16.4 Å². The Labute approximate surface area is 137 Å². The number of halogens is 2. The normalized spacial score (nSPS) is 19.7. The van der Waals surface area contributed by atoms with Gasteiger partial charge in [-0.1, -0.05) is 11.6 Å². The first-order valence-electron chi connectivity index (χ1n) is 7.36. The van der Waals surface area contributed by atoms with Gasteiger partial charge in [-0.05, 0) is 13.0 Å². The molecule has 0 radical (unpaired) electrons. The quantitative estimate of drug-likeness (QED) is 0.792. The molecule has 3 heterocycles. The third-order valence-corrected chi connectivity index (χ3v) is 4.16. The summed E-state index contributed by atoms with van der Waals surface area (Å²) in [7, 11) is 0. The summed E-state index contributed by atoms with van der Waals surface area (Å²) < 4.78 is 13.8. The molecule has 23 heavy (non-hydrogen) atoms. The molecule has 6 nitrogen and oxygen atoms in total. The molecule has 0 unspecified atom stereocenters. The average molecular weight is 333 g/mol. The van der Waals surface area contributed by atoms with Crippen LogP contribution in [0.2, 0.25) is 5.02 Å². The standard InChI is InChI=1S/C15H14ClFN6/c1-9-8-19-23-13-6-10(16)11(17)7-12(13)21-14(15(23)20-9)22-4-2-18-3-5-22/h6-7,18H,2-5H2,1H3. The fraction of sp³-hybridized carbons (Fsp3) is 0.333. The molecule has 0 aliphatic carbocycles. The largest absolute Gasteiger partial charge is 0.351 e. The minimum atomic E-state index is -0.498. The lowest BCUT2D eigenvalue weighted by molar-refractivity contribution is 0.360. The topological polar surface area (TPSA) is 55.6 Å². The molecule has 0 atom stereocenters. The highest BCUT2D eigenvalue weighted by atomic mass is 35.5. The van der Waals surface area contributed by atoms with Crippen molar-refractivity contribution in [1.82, 2.24) is 10.2 Å². The van der Waals surface area contributed by atoms with Crippen LogP contribution >= 0.6 is 11.6 Å². The summed E-state index contributed by atoms with van der Waals surface area (Å²) in [6.07, 6.45) is 0. The second-order valence-electron chi connectivity index (χ2n) is 5.47. The molecule has 1 saturated heterocycles. The number of hydrogen-bond donors (Lipinski definition) is 1. The number of hydrazone groups is 1. The van der Waals surface area contributed by atoms with Gasteiger partial charge in [-0.2, -0.15) is 0 Å². The molecule has 0 spiro atoms. The molecule has 0 aromatic heterocycles. The van der Waals surface area contributed by atoms with Crippen molar-refractivity contribution in [3.63, 3.8) is 0 Å². The van der Waals surface area contributed by atoms with E-state index in [1.807, 2.05) is 6.92 Å². The number of aliphatic imine (C=N–C) groups is 2. The van der Waals surface area contributed by atoms with Gasteiger partial charge in [0, 0.05) is 38.1 Å². The van der Waals surface area contributed by atoms with Crippen LogP contribution in [0.3, 0.4) is 0 Å². The van der Waals surface area contributed by atoms with Crippen molar-refractivity contribution < 1.29 is 4.39 Å². The molecule has 8 heteroatoms. The van der Waals surface area contributed by atoms with Crippen LogP contribution in [0.25, 0.3) is 0 Å². The lowest BCUT2D eigenvalue weighted by Crippen LogP contribution is -2.52. The number of allylic oxidation sites excluding steroid dienone is 1. The first-order chi connectivity index (χ1) is 11.1. The highest BCUT2D eigenvalue weighted by Gasteiger charge is 2.32. The molecular formula is C15H14ClFN6. The number of fused-ring (bicyclic) bond motifs is 3. The Balaban J connectivity index is 1.88. The monoisotopic (exact) mass is 332 g/mol. The van der Waals surface area contributed by atoms with Crippen LogP contribution in [0.15, 0.2) is 32.9 Å². The van der Waals surface area contributed by atoms with E-state index in [1.54, 1.807) is 5.01 Å². The number of rotatable bonds is 0. The molecule has 0 bridgehead atoms. The van der Waals surface area contributed by atoms with E-state index in [0.717, 1.165) is 26.2 Å². The van der Waals surface area contributed by atoms with Crippen molar-refractivity contribution >= 4 is 40.5 Å². The Bertz CT molecular complexity index is 802. The average Bonchev–Trinajstić information content (AvgIpc) is 2.56. The summed E-state index contributed by atoms with van der Waals surface area (Å²) in [6.45, 7) is 5.18.